The highest BCUT2D eigenvalue weighted by Crippen LogP contribution is 2.36. The lowest BCUT2D eigenvalue weighted by Gasteiger charge is -2.33. The van der Waals surface area contributed by atoms with Crippen molar-refractivity contribution in [1.82, 2.24) is 14.5 Å². The number of sulfonamides is 1. The minimum Gasteiger partial charge on any atom is -0.352 e. The summed E-state index contributed by atoms with van der Waals surface area (Å²) in [5.74, 6) is -1.03. The van der Waals surface area contributed by atoms with Crippen molar-refractivity contribution in [3.63, 3.8) is 0 Å². The number of carbonyl (C=O) groups is 2. The van der Waals surface area contributed by atoms with Gasteiger partial charge in [0.1, 0.15) is 0 Å². The Morgan fingerprint density at radius 2 is 1.77 bits per heavy atom. The summed E-state index contributed by atoms with van der Waals surface area (Å²) >= 11 is 0. The third kappa shape index (κ3) is 6.19. The zero-order chi connectivity index (χ0) is 23.4. The highest BCUT2D eigenvalue weighted by atomic mass is 32.2. The summed E-state index contributed by atoms with van der Waals surface area (Å²) in [6, 6.07) is 4.02. The molecule has 0 spiro atoms. The molecule has 2 rings (SSSR count). The predicted octanol–water partition coefficient (Wildman–Crippen LogP) is 2.48. The lowest BCUT2D eigenvalue weighted by molar-refractivity contribution is -0.140. The van der Waals surface area contributed by atoms with Gasteiger partial charge in [0.25, 0.3) is 0 Å². The van der Waals surface area contributed by atoms with Gasteiger partial charge in [0.05, 0.1) is 17.0 Å². The van der Waals surface area contributed by atoms with Crippen molar-refractivity contribution in [1.29, 1.82) is 0 Å². The van der Waals surface area contributed by atoms with E-state index in [-0.39, 0.29) is 50.3 Å². The number of nitrogens with zero attached hydrogens (tertiary/aromatic N) is 2. The summed E-state index contributed by atoms with van der Waals surface area (Å²) in [7, 11) is -4.36. The van der Waals surface area contributed by atoms with Crippen molar-refractivity contribution in [2.45, 2.75) is 50.7 Å². The molecule has 0 bridgehead atoms. The van der Waals surface area contributed by atoms with Crippen molar-refractivity contribution < 1.29 is 31.2 Å². The minimum atomic E-state index is -4.80. The smallest absolute Gasteiger partial charge is 0.352 e. The number of likely N-dealkylation sites (N-methyl/N-ethyl adjacent to an activating group) is 1. The number of hydrogen-bond acceptors (Lipinski definition) is 4. The quantitative estimate of drug-likeness (QED) is 0.673. The Morgan fingerprint density at radius 1 is 1.19 bits per heavy atom. The molecule has 1 aliphatic rings. The molecule has 11 heteroatoms. The lowest BCUT2D eigenvalue weighted by Crippen LogP contribution is -2.47. The van der Waals surface area contributed by atoms with Crippen LogP contribution in [0.25, 0.3) is 0 Å². The third-order valence-corrected chi connectivity index (χ3v) is 7.05. The molecule has 1 aliphatic heterocycles. The molecule has 1 aromatic carbocycles. The molecule has 1 heterocycles. The molecule has 1 N–H and O–H groups in total. The fourth-order valence-electron chi connectivity index (χ4n) is 3.55. The van der Waals surface area contributed by atoms with Gasteiger partial charge in [-0.1, -0.05) is 12.1 Å². The number of halogens is 3. The summed E-state index contributed by atoms with van der Waals surface area (Å²) in [6.45, 7) is 5.45. The topological polar surface area (TPSA) is 86.8 Å². The molecule has 0 aromatic heterocycles. The number of amides is 2. The van der Waals surface area contributed by atoms with Gasteiger partial charge in [-0.2, -0.15) is 17.5 Å². The van der Waals surface area contributed by atoms with Gasteiger partial charge in [0.2, 0.25) is 21.8 Å². The maximum Gasteiger partial charge on any atom is 0.417 e. The van der Waals surface area contributed by atoms with Crippen LogP contribution in [0.5, 0.6) is 0 Å². The SMILES string of the molecule is CCN(CC(=O)NC(C)C)C(=O)C1CCN(S(=O)(=O)c2ccccc2C(F)(F)F)CC1. The molecular weight excluding hydrogens is 435 g/mol. The van der Waals surface area contributed by atoms with Crippen LogP contribution in [0.3, 0.4) is 0 Å². The molecule has 0 unspecified atom stereocenters. The number of nitrogens with one attached hydrogen (secondary N) is 1. The molecule has 7 nitrogen and oxygen atoms in total. The molecule has 1 saturated heterocycles. The Labute approximate surface area is 180 Å². The van der Waals surface area contributed by atoms with Gasteiger partial charge in [-0.25, -0.2) is 8.42 Å². The minimum absolute atomic E-state index is 0.0608. The fraction of sp³-hybridized carbons (Fsp3) is 0.600. The molecule has 2 amide bonds. The van der Waals surface area contributed by atoms with E-state index in [1.54, 1.807) is 6.92 Å². The Balaban J connectivity index is 2.08. The van der Waals surface area contributed by atoms with E-state index in [2.05, 4.69) is 5.32 Å². The number of carbonyl (C=O) groups excluding carboxylic acids is 2. The van der Waals surface area contributed by atoms with Gasteiger partial charge < -0.3 is 10.2 Å². The van der Waals surface area contributed by atoms with Gasteiger partial charge in [-0.05, 0) is 45.7 Å². The lowest BCUT2D eigenvalue weighted by atomic mass is 9.96. The van der Waals surface area contributed by atoms with Crippen LogP contribution in [0.1, 0.15) is 39.2 Å². The number of piperidine rings is 1. The second kappa shape index (κ2) is 9.99. The molecular formula is C20H28F3N3O4S. The van der Waals surface area contributed by atoms with E-state index >= 15 is 0 Å². The highest BCUT2D eigenvalue weighted by Gasteiger charge is 2.40. The van der Waals surface area contributed by atoms with Crippen molar-refractivity contribution >= 4 is 21.8 Å². The van der Waals surface area contributed by atoms with Crippen LogP contribution in [0.15, 0.2) is 29.2 Å². The Morgan fingerprint density at radius 3 is 2.29 bits per heavy atom. The van der Waals surface area contributed by atoms with Gasteiger partial charge >= 0.3 is 6.18 Å². The van der Waals surface area contributed by atoms with Crippen LogP contribution < -0.4 is 5.32 Å². The van der Waals surface area contributed by atoms with Gasteiger partial charge in [0, 0.05) is 31.6 Å². The van der Waals surface area contributed by atoms with E-state index in [0.717, 1.165) is 22.5 Å². The van der Waals surface area contributed by atoms with E-state index in [1.165, 1.54) is 11.0 Å². The monoisotopic (exact) mass is 463 g/mol. The predicted molar refractivity (Wildman–Crippen MR) is 108 cm³/mol. The highest BCUT2D eigenvalue weighted by molar-refractivity contribution is 7.89. The molecule has 1 fully saturated rings. The molecule has 0 saturated carbocycles. The van der Waals surface area contributed by atoms with Crippen molar-refractivity contribution in [2.75, 3.05) is 26.2 Å². The second-order valence-electron chi connectivity index (χ2n) is 7.75. The first-order chi connectivity index (χ1) is 14.4. The number of hydrogen-bond donors (Lipinski definition) is 1. The van der Waals surface area contributed by atoms with Crippen molar-refractivity contribution in [2.24, 2.45) is 5.92 Å². The van der Waals surface area contributed by atoms with E-state index in [4.69, 9.17) is 0 Å². The zero-order valence-electron chi connectivity index (χ0n) is 17.8. The maximum atomic E-state index is 13.3. The van der Waals surface area contributed by atoms with Gasteiger partial charge in [0.15, 0.2) is 0 Å². The first-order valence-electron chi connectivity index (χ1n) is 10.1. The summed E-state index contributed by atoms with van der Waals surface area (Å²) < 4.78 is 66.5. The number of rotatable bonds is 7. The number of alkyl halides is 3. The number of benzene rings is 1. The fourth-order valence-corrected chi connectivity index (χ4v) is 5.23. The molecule has 0 aliphatic carbocycles. The van der Waals surface area contributed by atoms with Crippen LogP contribution in [0, 0.1) is 5.92 Å². The normalized spacial score (nSPS) is 16.4. The Bertz CT molecular complexity index is 895. The molecule has 0 atom stereocenters. The third-order valence-electron chi connectivity index (χ3n) is 5.09. The van der Waals surface area contributed by atoms with Crippen LogP contribution in [0.2, 0.25) is 0 Å². The Kier molecular flexibility index (Phi) is 8.09. The van der Waals surface area contributed by atoms with E-state index in [9.17, 15) is 31.2 Å². The van der Waals surface area contributed by atoms with E-state index < -0.39 is 32.6 Å². The summed E-state index contributed by atoms with van der Waals surface area (Å²) in [4.78, 5) is 25.4. The molecule has 31 heavy (non-hydrogen) atoms. The zero-order valence-corrected chi connectivity index (χ0v) is 18.6. The van der Waals surface area contributed by atoms with Crippen molar-refractivity contribution in [3.05, 3.63) is 29.8 Å². The summed E-state index contributed by atoms with van der Waals surface area (Å²) in [5, 5.41) is 2.72. The first-order valence-corrected chi connectivity index (χ1v) is 11.6. The summed E-state index contributed by atoms with van der Waals surface area (Å²) in [6.07, 6.45) is -4.45. The van der Waals surface area contributed by atoms with Crippen LogP contribution >= 0.6 is 0 Å². The molecule has 174 valence electrons. The average molecular weight is 464 g/mol. The van der Waals surface area contributed by atoms with Crippen molar-refractivity contribution in [3.8, 4) is 0 Å². The second-order valence-corrected chi connectivity index (χ2v) is 9.65. The van der Waals surface area contributed by atoms with Crippen LogP contribution in [0.4, 0.5) is 13.2 Å². The average Bonchev–Trinajstić information content (AvgIpc) is 2.70. The summed E-state index contributed by atoms with van der Waals surface area (Å²) in [5.41, 5.74) is -1.21. The Hall–Kier alpha value is -2.14. The largest absolute Gasteiger partial charge is 0.417 e. The van der Waals surface area contributed by atoms with Gasteiger partial charge in [-0.3, -0.25) is 9.59 Å². The van der Waals surface area contributed by atoms with E-state index in [0.29, 0.717) is 6.54 Å². The van der Waals surface area contributed by atoms with E-state index in [1.807, 2.05) is 13.8 Å². The van der Waals surface area contributed by atoms with Gasteiger partial charge in [-0.15, -0.1) is 0 Å². The standard InChI is InChI=1S/C20H28F3N3O4S/c1-4-25(13-18(27)24-14(2)3)19(28)15-9-11-26(12-10-15)31(29,30)17-8-6-5-7-16(17)20(21,22)23/h5-8,14-15H,4,9-13H2,1-3H3,(H,24,27). The molecule has 0 radical (unpaired) electrons. The van der Waals surface area contributed by atoms with Crippen LogP contribution in [-0.2, 0) is 25.8 Å². The first kappa shape index (κ1) is 25.1. The maximum absolute atomic E-state index is 13.3. The van der Waals surface area contributed by atoms with Crippen LogP contribution in [-0.4, -0.2) is 61.7 Å². The molecule has 1 aromatic rings.